The Morgan fingerprint density at radius 1 is 0.596 bits per heavy atom. The van der Waals surface area contributed by atoms with Gasteiger partial charge in [-0.3, -0.25) is 0 Å². The van der Waals surface area contributed by atoms with E-state index >= 15 is 0 Å². The fourth-order valence-electron chi connectivity index (χ4n) is 8.49. The Balaban J connectivity index is 1.24. The molecule has 1 aliphatic carbocycles. The van der Waals surface area contributed by atoms with Gasteiger partial charge in [0, 0.05) is 49.9 Å². The molecule has 0 amide bonds. The van der Waals surface area contributed by atoms with Crippen molar-refractivity contribution in [3.8, 4) is 45.3 Å². The molecule has 0 spiro atoms. The van der Waals surface area contributed by atoms with Crippen LogP contribution in [0, 0.1) is 0 Å². The van der Waals surface area contributed by atoms with Gasteiger partial charge < -0.3 is 9.13 Å². The fraction of sp³-hybridized carbons (Fsp3) is 0.0566. The van der Waals surface area contributed by atoms with Crippen molar-refractivity contribution >= 4 is 44.4 Å². The zero-order chi connectivity index (χ0) is 38.3. The van der Waals surface area contributed by atoms with Gasteiger partial charge in [0.15, 0.2) is 5.82 Å². The SMILES string of the molecule is C=C/C=C\C(=C/C)c1ccc(-c2cc(-c3cc(-n4c5c(c6ccccc64)CCC=C5)cc(-n4c5ccccc5c5ccccc54)c3)nc(-c3ccccc3)n2)cc1. The minimum absolute atomic E-state index is 0.686. The molecule has 0 unspecified atom stereocenters. The second-order valence-electron chi connectivity index (χ2n) is 14.5. The topological polar surface area (TPSA) is 35.6 Å². The Kier molecular flexibility index (Phi) is 8.65. The zero-order valence-electron chi connectivity index (χ0n) is 31.8. The van der Waals surface area contributed by atoms with Crippen LogP contribution < -0.4 is 0 Å². The maximum absolute atomic E-state index is 5.34. The van der Waals surface area contributed by atoms with Crippen molar-refractivity contribution in [3.05, 3.63) is 205 Å². The minimum Gasteiger partial charge on any atom is -0.309 e. The predicted molar refractivity (Wildman–Crippen MR) is 240 cm³/mol. The lowest BCUT2D eigenvalue weighted by Gasteiger charge is -2.17. The van der Waals surface area contributed by atoms with Crippen LogP contribution in [-0.4, -0.2) is 19.1 Å². The number of rotatable bonds is 8. The van der Waals surface area contributed by atoms with Gasteiger partial charge in [-0.15, -0.1) is 0 Å². The summed E-state index contributed by atoms with van der Waals surface area (Å²) in [6.45, 7) is 5.90. The average molecular weight is 733 g/mol. The van der Waals surface area contributed by atoms with Crippen LogP contribution in [0.25, 0.3) is 89.6 Å². The van der Waals surface area contributed by atoms with E-state index in [4.69, 9.17) is 9.97 Å². The molecule has 6 aromatic carbocycles. The van der Waals surface area contributed by atoms with Crippen LogP contribution in [0.5, 0.6) is 0 Å². The van der Waals surface area contributed by atoms with Crippen LogP contribution in [0.1, 0.15) is 30.2 Å². The summed E-state index contributed by atoms with van der Waals surface area (Å²) in [6.07, 6.45) is 14.6. The van der Waals surface area contributed by atoms with Gasteiger partial charge in [-0.25, -0.2) is 9.97 Å². The molecule has 10 rings (SSSR count). The molecule has 0 radical (unpaired) electrons. The number of nitrogens with zero attached hydrogens (tertiary/aromatic N) is 4. The Hall–Kier alpha value is -7.30. The van der Waals surface area contributed by atoms with Gasteiger partial charge in [0.1, 0.15) is 0 Å². The van der Waals surface area contributed by atoms with Crippen LogP contribution in [0.15, 0.2) is 189 Å². The van der Waals surface area contributed by atoms with E-state index in [0.29, 0.717) is 5.82 Å². The summed E-state index contributed by atoms with van der Waals surface area (Å²) in [7, 11) is 0. The Bertz CT molecular complexity index is 3030. The molecule has 0 fully saturated rings. The molecule has 0 atom stereocenters. The normalized spacial score (nSPS) is 12.9. The molecular formula is C53H40N4. The van der Waals surface area contributed by atoms with Gasteiger partial charge >= 0.3 is 0 Å². The Morgan fingerprint density at radius 3 is 1.86 bits per heavy atom. The summed E-state index contributed by atoms with van der Waals surface area (Å²) in [5.74, 6) is 0.686. The number of hydrogen-bond acceptors (Lipinski definition) is 2. The van der Waals surface area contributed by atoms with Crippen molar-refractivity contribution in [1.82, 2.24) is 19.1 Å². The third kappa shape index (κ3) is 6.03. The molecule has 3 heterocycles. The molecule has 9 aromatic rings. The molecule has 1 aliphatic rings. The van der Waals surface area contributed by atoms with E-state index in [2.05, 4.69) is 180 Å². The van der Waals surface area contributed by atoms with Crippen molar-refractivity contribution in [2.24, 2.45) is 0 Å². The van der Waals surface area contributed by atoms with Crippen LogP contribution in [0.4, 0.5) is 0 Å². The quantitative estimate of drug-likeness (QED) is 0.146. The first-order chi connectivity index (χ1) is 28.2. The van der Waals surface area contributed by atoms with E-state index in [1.165, 1.54) is 32.9 Å². The smallest absolute Gasteiger partial charge is 0.160 e. The number of benzene rings is 6. The number of allylic oxidation sites excluding steroid dienone is 6. The van der Waals surface area contributed by atoms with E-state index < -0.39 is 0 Å². The lowest BCUT2D eigenvalue weighted by Crippen LogP contribution is -2.04. The first kappa shape index (κ1) is 34.2. The van der Waals surface area contributed by atoms with Crippen LogP contribution in [-0.2, 0) is 6.42 Å². The first-order valence-corrected chi connectivity index (χ1v) is 19.6. The molecule has 0 bridgehead atoms. The second kappa shape index (κ2) is 14.4. The highest BCUT2D eigenvalue weighted by Gasteiger charge is 2.21. The van der Waals surface area contributed by atoms with E-state index in [-0.39, 0.29) is 0 Å². The predicted octanol–water partition coefficient (Wildman–Crippen LogP) is 13.6. The van der Waals surface area contributed by atoms with Gasteiger partial charge in [0.25, 0.3) is 0 Å². The fourth-order valence-corrected chi connectivity index (χ4v) is 8.49. The third-order valence-electron chi connectivity index (χ3n) is 11.1. The number of para-hydroxylation sites is 3. The molecule has 272 valence electrons. The van der Waals surface area contributed by atoms with Crippen LogP contribution >= 0.6 is 0 Å². The van der Waals surface area contributed by atoms with Gasteiger partial charge in [-0.05, 0) is 85.0 Å². The monoisotopic (exact) mass is 732 g/mol. The average Bonchev–Trinajstić information content (AvgIpc) is 3.80. The molecule has 4 nitrogen and oxygen atoms in total. The summed E-state index contributed by atoms with van der Waals surface area (Å²) in [5, 5.41) is 3.76. The summed E-state index contributed by atoms with van der Waals surface area (Å²) in [6, 6.07) is 54.3. The molecule has 57 heavy (non-hydrogen) atoms. The van der Waals surface area contributed by atoms with Crippen molar-refractivity contribution in [2.75, 3.05) is 0 Å². The van der Waals surface area contributed by atoms with Crippen molar-refractivity contribution < 1.29 is 0 Å². The lowest BCUT2D eigenvalue weighted by molar-refractivity contribution is 0.966. The molecule has 0 saturated carbocycles. The molecule has 4 heteroatoms. The highest BCUT2D eigenvalue weighted by Crippen LogP contribution is 2.39. The standard InChI is InChI=1S/C53H40N4/c1-3-5-17-36(4-2)37-28-30-38(31-29-37)47-35-48(55-53(54-47)39-18-7-6-8-19-39)40-32-41(56-49-24-13-9-20-43(49)44-21-10-14-25-50(44)56)34-42(33-40)57-51-26-15-11-22-45(51)46-23-12-16-27-52(46)57/h3-11,13-22,24-35H,1,12,23H2,2H3/b17-5-,36-4+. The maximum atomic E-state index is 5.34. The number of aromatic nitrogens is 4. The lowest BCUT2D eigenvalue weighted by atomic mass is 10.0. The van der Waals surface area contributed by atoms with Gasteiger partial charge in [0.2, 0.25) is 0 Å². The van der Waals surface area contributed by atoms with Gasteiger partial charge in [-0.1, -0.05) is 146 Å². The number of fused-ring (bicyclic) bond motifs is 6. The summed E-state index contributed by atoms with van der Waals surface area (Å²) >= 11 is 0. The number of aryl methyl sites for hydroxylation is 1. The Labute approximate surface area is 332 Å². The molecule has 0 aliphatic heterocycles. The summed E-state index contributed by atoms with van der Waals surface area (Å²) in [4.78, 5) is 10.5. The highest BCUT2D eigenvalue weighted by molar-refractivity contribution is 6.09. The van der Waals surface area contributed by atoms with Gasteiger partial charge in [-0.2, -0.15) is 0 Å². The first-order valence-electron chi connectivity index (χ1n) is 19.6. The van der Waals surface area contributed by atoms with E-state index in [1.807, 2.05) is 24.3 Å². The van der Waals surface area contributed by atoms with E-state index in [1.54, 1.807) is 6.08 Å². The maximum Gasteiger partial charge on any atom is 0.160 e. The van der Waals surface area contributed by atoms with Crippen LogP contribution in [0.2, 0.25) is 0 Å². The van der Waals surface area contributed by atoms with Gasteiger partial charge in [0.05, 0.1) is 27.9 Å². The largest absolute Gasteiger partial charge is 0.309 e. The van der Waals surface area contributed by atoms with E-state index in [9.17, 15) is 0 Å². The third-order valence-corrected chi connectivity index (χ3v) is 11.1. The van der Waals surface area contributed by atoms with Crippen molar-refractivity contribution in [3.63, 3.8) is 0 Å². The van der Waals surface area contributed by atoms with Crippen molar-refractivity contribution in [2.45, 2.75) is 19.8 Å². The summed E-state index contributed by atoms with van der Waals surface area (Å²) < 4.78 is 4.85. The summed E-state index contributed by atoms with van der Waals surface area (Å²) in [5.41, 5.74) is 15.3. The Morgan fingerprint density at radius 2 is 1.19 bits per heavy atom. The minimum atomic E-state index is 0.686. The highest BCUT2D eigenvalue weighted by atomic mass is 15.0. The zero-order valence-corrected chi connectivity index (χ0v) is 31.8. The van der Waals surface area contributed by atoms with E-state index in [0.717, 1.165) is 74.5 Å². The molecule has 0 N–H and O–H groups in total. The number of hydrogen-bond donors (Lipinski definition) is 0. The van der Waals surface area contributed by atoms with Crippen LogP contribution in [0.3, 0.4) is 0 Å². The second-order valence-corrected chi connectivity index (χ2v) is 14.5. The van der Waals surface area contributed by atoms with Crippen molar-refractivity contribution in [1.29, 1.82) is 0 Å². The molecule has 0 saturated heterocycles. The molecule has 3 aromatic heterocycles. The molecular weight excluding hydrogens is 693 g/mol.